The summed E-state index contributed by atoms with van der Waals surface area (Å²) < 4.78 is 11.0. The minimum Gasteiger partial charge on any atom is -0.451 e. The smallest absolute Gasteiger partial charge is 0.307 e. The van der Waals surface area contributed by atoms with Gasteiger partial charge in [-0.2, -0.15) is 5.10 Å². The van der Waals surface area contributed by atoms with Crippen molar-refractivity contribution >= 4 is 52.1 Å². The molecule has 0 aliphatic heterocycles. The Kier molecular flexibility index (Phi) is 5.55. The van der Waals surface area contributed by atoms with Crippen molar-refractivity contribution in [1.29, 1.82) is 0 Å². The van der Waals surface area contributed by atoms with E-state index >= 15 is 0 Å². The number of rotatable bonds is 6. The van der Waals surface area contributed by atoms with E-state index in [2.05, 4.69) is 10.5 Å². The third-order valence-corrected chi connectivity index (χ3v) is 5.11. The SMILES string of the molecule is O=C(N/N=C/c1ccc(Sc2ccc(Cl)cc2)o1)c1cc2cc([N+](=O)[O-])ccc2o1. The summed E-state index contributed by atoms with van der Waals surface area (Å²) in [5, 5.41) is 16.5. The number of hydrazone groups is 1. The minimum atomic E-state index is -0.590. The maximum atomic E-state index is 12.2. The molecular weight excluding hydrogens is 430 g/mol. The van der Waals surface area contributed by atoms with Gasteiger partial charge in [-0.1, -0.05) is 23.4 Å². The molecule has 0 atom stereocenters. The van der Waals surface area contributed by atoms with E-state index < -0.39 is 10.8 Å². The highest BCUT2D eigenvalue weighted by Crippen LogP contribution is 2.29. The summed E-state index contributed by atoms with van der Waals surface area (Å²) >= 11 is 7.29. The van der Waals surface area contributed by atoms with E-state index in [1.807, 2.05) is 12.1 Å². The maximum Gasteiger partial charge on any atom is 0.307 e. The first kappa shape index (κ1) is 19.7. The van der Waals surface area contributed by atoms with Crippen molar-refractivity contribution in [1.82, 2.24) is 5.43 Å². The fraction of sp³-hybridized carbons (Fsp3) is 0. The average Bonchev–Trinajstić information content (AvgIpc) is 3.35. The van der Waals surface area contributed by atoms with Gasteiger partial charge in [0.1, 0.15) is 11.3 Å². The molecule has 0 saturated heterocycles. The van der Waals surface area contributed by atoms with Gasteiger partial charge in [0.15, 0.2) is 10.9 Å². The topological polar surface area (TPSA) is 111 Å². The summed E-state index contributed by atoms with van der Waals surface area (Å²) in [5.74, 6) is -0.152. The van der Waals surface area contributed by atoms with Crippen LogP contribution in [0.5, 0.6) is 0 Å². The quantitative estimate of drug-likeness (QED) is 0.240. The van der Waals surface area contributed by atoms with Crippen molar-refractivity contribution in [2.45, 2.75) is 9.99 Å². The molecule has 10 heteroatoms. The van der Waals surface area contributed by atoms with Crippen LogP contribution in [-0.2, 0) is 0 Å². The molecule has 0 unspecified atom stereocenters. The lowest BCUT2D eigenvalue weighted by Crippen LogP contribution is -2.16. The number of fused-ring (bicyclic) bond motifs is 1. The van der Waals surface area contributed by atoms with Gasteiger partial charge in [0.2, 0.25) is 0 Å². The van der Waals surface area contributed by atoms with Crippen molar-refractivity contribution in [2.24, 2.45) is 5.10 Å². The number of carbonyl (C=O) groups excluding carboxylic acids is 1. The predicted octanol–water partition coefficient (Wildman–Crippen LogP) is 5.50. The normalized spacial score (nSPS) is 11.2. The Morgan fingerprint density at radius 3 is 2.67 bits per heavy atom. The number of benzene rings is 2. The minimum absolute atomic E-state index is 0.0129. The van der Waals surface area contributed by atoms with Crippen molar-refractivity contribution in [3.8, 4) is 0 Å². The van der Waals surface area contributed by atoms with Crippen LogP contribution in [0, 0.1) is 10.1 Å². The van der Waals surface area contributed by atoms with Gasteiger partial charge in [-0.3, -0.25) is 14.9 Å². The maximum absolute atomic E-state index is 12.2. The van der Waals surface area contributed by atoms with Crippen LogP contribution in [0.3, 0.4) is 0 Å². The lowest BCUT2D eigenvalue weighted by Gasteiger charge is -1.97. The first-order valence-electron chi connectivity index (χ1n) is 8.52. The fourth-order valence-corrected chi connectivity index (χ4v) is 3.45. The number of nitro benzene ring substituents is 1. The number of carbonyl (C=O) groups is 1. The van der Waals surface area contributed by atoms with Gasteiger partial charge in [0.05, 0.1) is 11.1 Å². The van der Waals surface area contributed by atoms with Gasteiger partial charge >= 0.3 is 5.91 Å². The lowest BCUT2D eigenvalue weighted by molar-refractivity contribution is -0.384. The molecule has 0 saturated carbocycles. The molecule has 0 bridgehead atoms. The van der Waals surface area contributed by atoms with Crippen LogP contribution in [-0.4, -0.2) is 17.0 Å². The zero-order chi connectivity index (χ0) is 21.1. The summed E-state index contributed by atoms with van der Waals surface area (Å²) in [4.78, 5) is 23.5. The molecule has 1 amide bonds. The highest BCUT2D eigenvalue weighted by atomic mass is 35.5. The Bertz CT molecular complexity index is 1260. The van der Waals surface area contributed by atoms with Gasteiger partial charge in [-0.25, -0.2) is 5.43 Å². The molecule has 2 aromatic carbocycles. The Balaban J connectivity index is 1.39. The Hall–Kier alpha value is -3.56. The summed E-state index contributed by atoms with van der Waals surface area (Å²) in [6.07, 6.45) is 1.36. The van der Waals surface area contributed by atoms with E-state index in [0.717, 1.165) is 4.90 Å². The number of amides is 1. The Labute approximate surface area is 178 Å². The Morgan fingerprint density at radius 1 is 1.10 bits per heavy atom. The monoisotopic (exact) mass is 441 g/mol. The third-order valence-electron chi connectivity index (χ3n) is 3.93. The summed E-state index contributed by atoms with van der Waals surface area (Å²) in [6.45, 7) is 0. The van der Waals surface area contributed by atoms with Gasteiger partial charge < -0.3 is 8.83 Å². The van der Waals surface area contributed by atoms with Crippen LogP contribution in [0.1, 0.15) is 16.3 Å². The zero-order valence-electron chi connectivity index (χ0n) is 15.1. The third kappa shape index (κ3) is 4.53. The van der Waals surface area contributed by atoms with E-state index in [0.29, 0.717) is 26.8 Å². The molecule has 0 aliphatic rings. The number of furan rings is 2. The molecule has 8 nitrogen and oxygen atoms in total. The molecule has 0 fully saturated rings. The highest BCUT2D eigenvalue weighted by molar-refractivity contribution is 7.99. The van der Waals surface area contributed by atoms with E-state index in [9.17, 15) is 14.9 Å². The van der Waals surface area contributed by atoms with Gasteiger partial charge in [0.25, 0.3) is 5.69 Å². The van der Waals surface area contributed by atoms with Gasteiger partial charge in [-0.05, 0) is 48.5 Å². The van der Waals surface area contributed by atoms with Gasteiger partial charge in [0, 0.05) is 27.4 Å². The second-order valence-electron chi connectivity index (χ2n) is 6.00. The number of nitrogens with zero attached hydrogens (tertiary/aromatic N) is 2. The van der Waals surface area contributed by atoms with Crippen LogP contribution in [0.2, 0.25) is 5.02 Å². The molecule has 2 heterocycles. The molecule has 0 spiro atoms. The second kappa shape index (κ2) is 8.44. The number of non-ortho nitro benzene ring substituents is 1. The first-order valence-corrected chi connectivity index (χ1v) is 9.72. The van der Waals surface area contributed by atoms with Gasteiger partial charge in [-0.15, -0.1) is 0 Å². The van der Waals surface area contributed by atoms with Crippen molar-refractivity contribution in [3.63, 3.8) is 0 Å². The number of nitro groups is 1. The zero-order valence-corrected chi connectivity index (χ0v) is 16.6. The molecule has 150 valence electrons. The Morgan fingerprint density at radius 2 is 1.90 bits per heavy atom. The van der Waals surface area contributed by atoms with Crippen LogP contribution >= 0.6 is 23.4 Å². The number of hydrogen-bond acceptors (Lipinski definition) is 7. The molecule has 0 radical (unpaired) electrons. The van der Waals surface area contributed by atoms with Crippen LogP contribution in [0.15, 0.2) is 84.6 Å². The highest BCUT2D eigenvalue weighted by Gasteiger charge is 2.14. The number of nitrogens with one attached hydrogen (secondary N) is 1. The van der Waals surface area contributed by atoms with E-state index in [1.165, 1.54) is 42.2 Å². The molecule has 1 N–H and O–H groups in total. The average molecular weight is 442 g/mol. The summed E-state index contributed by atoms with van der Waals surface area (Å²) in [7, 11) is 0. The first-order chi connectivity index (χ1) is 14.5. The molecule has 4 rings (SSSR count). The fourth-order valence-electron chi connectivity index (χ4n) is 2.54. The van der Waals surface area contributed by atoms with Crippen LogP contribution in [0.25, 0.3) is 11.0 Å². The predicted molar refractivity (Wildman–Crippen MR) is 112 cm³/mol. The van der Waals surface area contributed by atoms with Crippen LogP contribution < -0.4 is 5.43 Å². The second-order valence-corrected chi connectivity index (χ2v) is 7.52. The van der Waals surface area contributed by atoms with E-state index in [4.69, 9.17) is 20.4 Å². The largest absolute Gasteiger partial charge is 0.451 e. The lowest BCUT2D eigenvalue weighted by atomic mass is 10.2. The molecular formula is C20H12ClN3O5S. The molecule has 0 aliphatic carbocycles. The standard InChI is InChI=1S/C20H12ClN3O5S/c21-13-1-5-16(6-2-13)30-19-8-4-15(28-19)11-22-23-20(25)18-10-12-9-14(24(26)27)3-7-17(12)29-18/h1-11H,(H,23,25)/b22-11+. The molecule has 30 heavy (non-hydrogen) atoms. The molecule has 4 aromatic rings. The summed E-state index contributed by atoms with van der Waals surface area (Å²) in [6, 6.07) is 16.3. The van der Waals surface area contributed by atoms with Crippen molar-refractivity contribution in [2.75, 3.05) is 0 Å². The van der Waals surface area contributed by atoms with Crippen molar-refractivity contribution < 1.29 is 18.6 Å². The van der Waals surface area contributed by atoms with Crippen molar-refractivity contribution in [3.05, 3.63) is 87.3 Å². The summed E-state index contributed by atoms with van der Waals surface area (Å²) in [5.41, 5.74) is 2.61. The van der Waals surface area contributed by atoms with E-state index in [-0.39, 0.29) is 11.4 Å². The van der Waals surface area contributed by atoms with E-state index in [1.54, 1.807) is 24.3 Å². The van der Waals surface area contributed by atoms with Crippen LogP contribution in [0.4, 0.5) is 5.69 Å². The molecule has 2 aromatic heterocycles. The number of hydrogen-bond donors (Lipinski definition) is 1. The number of halogens is 1.